The van der Waals surface area contributed by atoms with Gasteiger partial charge in [0.2, 0.25) is 0 Å². The Balaban J connectivity index is 0.000000123. The molecule has 0 unspecified atom stereocenters. The van der Waals surface area contributed by atoms with Gasteiger partial charge < -0.3 is 14.7 Å². The molecule has 150 heavy (non-hydrogen) atoms. The summed E-state index contributed by atoms with van der Waals surface area (Å²) in [6.07, 6.45) is 24.0. The third kappa shape index (κ3) is 19.6. The fourth-order valence-corrected chi connectivity index (χ4v) is 24.5. The van der Waals surface area contributed by atoms with Crippen molar-refractivity contribution in [2.24, 2.45) is 0 Å². The molecule has 0 N–H and O–H groups in total. The molecule has 6 heterocycles. The fourth-order valence-electron chi connectivity index (χ4n) is 24.5. The van der Waals surface area contributed by atoms with Crippen molar-refractivity contribution in [3.8, 4) is 102 Å². The van der Waals surface area contributed by atoms with Gasteiger partial charge in [0.05, 0.1) is 34.1 Å². The molecule has 0 amide bonds. The van der Waals surface area contributed by atoms with E-state index in [0.717, 1.165) is 67.1 Å². The predicted octanol–water partition coefficient (Wildman–Crippen LogP) is 37.0. The van der Waals surface area contributed by atoms with E-state index >= 15 is 0 Å². The maximum atomic E-state index is 5.00. The minimum atomic E-state index is -0.170. The Kier molecular flexibility index (Phi) is 26.8. The molecule has 7 aliphatic rings. The summed E-state index contributed by atoms with van der Waals surface area (Å²) in [7, 11) is 0. The van der Waals surface area contributed by atoms with E-state index in [-0.39, 0.29) is 27.1 Å². The van der Waals surface area contributed by atoms with E-state index in [2.05, 4.69) is 328 Å². The summed E-state index contributed by atoms with van der Waals surface area (Å²) >= 11 is 0. The SMILES string of the molecule is CC(C)(C)c1ccc2c(c1)C(C)(C)c1cc(C(C)(C)C)ccc1N2c1ccc(-c2nc(-c3ccccc3)nc(-c3ccccc3)n2)cc1.CC1(C)c2cc(C3CCCC3)ccc2N(c2ccc(-c3nc(-c4ccccc4)nc(-c4ccccc4)n3)cc2)c2ccc(C3CCCC3)cc21.CC1(C)c2cc(C3CCCCC3)ccc2N(c2ccc(-c3nc(-c4ccccc4)nc(-c4ccccc4)n3)cc2)c2ccc(C3CCCCC3)cc21. The van der Waals surface area contributed by atoms with Crippen molar-refractivity contribution in [3.63, 3.8) is 0 Å². The molecule has 12 nitrogen and oxygen atoms in total. The first kappa shape index (κ1) is 98.1. The summed E-state index contributed by atoms with van der Waals surface area (Å²) in [6.45, 7) is 28.3. The minimum Gasteiger partial charge on any atom is -0.310 e. The molecule has 0 saturated heterocycles. The van der Waals surface area contributed by atoms with Gasteiger partial charge in [-0.1, -0.05) is 402 Å². The van der Waals surface area contributed by atoms with Crippen LogP contribution < -0.4 is 14.7 Å². The Morgan fingerprint density at radius 1 is 0.187 bits per heavy atom. The van der Waals surface area contributed by atoms with E-state index < -0.39 is 0 Å². The molecule has 4 saturated carbocycles. The number of aromatic nitrogens is 9. The molecule has 4 aliphatic carbocycles. The second-order valence-electron chi connectivity index (χ2n) is 46.3. The van der Waals surface area contributed by atoms with Gasteiger partial charge in [0.15, 0.2) is 52.4 Å². The van der Waals surface area contributed by atoms with Crippen molar-refractivity contribution in [3.05, 3.63) is 431 Å². The standard InChI is InChI=1S/C48H48N4.C46H44N4.C44H44N4/c1-48(2)41-31-38(33-15-7-3-8-16-33)25-29-43(41)52(44-30-26-39(32-42(44)48)34-17-9-4-10-18-34)40-27-23-37(24-28-40)47-50-45(35-19-11-5-12-20-35)49-46(51-47)36-21-13-6-14-22-36;1-46(2)39-29-36(31-13-9-10-14-31)23-27-41(39)50(42-28-24-37(30-40(42)46)32-15-11-12-16-32)38-25-21-35(22-26-38)45-48-43(33-17-5-3-6-18-33)47-44(49-45)34-19-7-4-8-20-34;1-42(2,3)32-21-25-37-35(27-32)44(7,8)36-28-33(43(4,5)6)22-26-38(36)48(37)34-23-19-31(20-24-34)41-46-39(29-15-11-9-12-16-29)45-40(47-41)30-17-13-10-14-18-30/h5-6,11-14,19-34H,3-4,7-10,15-18H2,1-2H3;3-8,17-32H,9-16H2,1-2H3;9-28H,1-8H3. The molecule has 3 aromatic heterocycles. The molecule has 18 aromatic rings. The minimum absolute atomic E-state index is 0.0485. The zero-order chi connectivity index (χ0) is 103. The normalized spacial score (nSPS) is 16.2. The lowest BCUT2D eigenvalue weighted by atomic mass is 9.70. The van der Waals surface area contributed by atoms with E-state index in [1.165, 1.54) is 216 Å². The predicted molar refractivity (Wildman–Crippen MR) is 620 cm³/mol. The van der Waals surface area contributed by atoms with Crippen LogP contribution in [0.15, 0.2) is 364 Å². The number of benzene rings is 15. The van der Waals surface area contributed by atoms with Crippen molar-refractivity contribution in [2.45, 2.75) is 249 Å². The van der Waals surface area contributed by atoms with Crippen LogP contribution in [0.1, 0.15) is 289 Å². The molecular weight excluding hydrogens is 1830 g/mol. The molecule has 0 atom stereocenters. The number of rotatable bonds is 16. The molecule has 0 radical (unpaired) electrons. The van der Waals surface area contributed by atoms with E-state index in [1.54, 1.807) is 0 Å². The first-order valence-corrected chi connectivity index (χ1v) is 55.1. The first-order chi connectivity index (χ1) is 72.9. The highest BCUT2D eigenvalue weighted by atomic mass is 15.2. The molecule has 25 rings (SSSR count). The van der Waals surface area contributed by atoms with Crippen LogP contribution in [-0.2, 0) is 27.1 Å². The van der Waals surface area contributed by atoms with Gasteiger partial charge in [-0.3, -0.25) is 0 Å². The summed E-state index contributed by atoms with van der Waals surface area (Å²) in [6, 6.07) is 131. The topological polar surface area (TPSA) is 126 Å². The van der Waals surface area contributed by atoms with E-state index in [4.69, 9.17) is 44.9 Å². The number of fused-ring (bicyclic) bond motifs is 6. The third-order valence-corrected chi connectivity index (χ3v) is 33.3. The largest absolute Gasteiger partial charge is 0.310 e. The third-order valence-electron chi connectivity index (χ3n) is 33.3. The van der Waals surface area contributed by atoms with Crippen LogP contribution in [-0.4, -0.2) is 44.9 Å². The molecule has 15 aromatic carbocycles. The molecular formula is C138H136N12. The van der Waals surface area contributed by atoms with Gasteiger partial charge in [0.1, 0.15) is 0 Å². The van der Waals surface area contributed by atoms with Gasteiger partial charge in [-0.2, -0.15) is 0 Å². The quantitative estimate of drug-likeness (QED) is 0.0914. The number of hydrogen-bond donors (Lipinski definition) is 0. The lowest BCUT2D eigenvalue weighted by Crippen LogP contribution is -2.32. The number of hydrogen-bond acceptors (Lipinski definition) is 12. The van der Waals surface area contributed by atoms with Crippen LogP contribution in [0.4, 0.5) is 51.2 Å². The molecule has 0 spiro atoms. The Morgan fingerprint density at radius 2 is 0.353 bits per heavy atom. The summed E-state index contributed by atoms with van der Waals surface area (Å²) in [5, 5.41) is 0. The average molecular weight is 1960 g/mol. The van der Waals surface area contributed by atoms with Crippen molar-refractivity contribution < 1.29 is 0 Å². The van der Waals surface area contributed by atoms with Crippen LogP contribution in [0.25, 0.3) is 102 Å². The van der Waals surface area contributed by atoms with Gasteiger partial charge in [0.25, 0.3) is 0 Å². The smallest absolute Gasteiger partial charge is 0.164 e. The van der Waals surface area contributed by atoms with E-state index in [1.807, 2.05) is 133 Å². The Bertz CT molecular complexity index is 7520. The number of anilines is 9. The molecule has 748 valence electrons. The zero-order valence-electron chi connectivity index (χ0n) is 89.0. The molecule has 0 bridgehead atoms. The van der Waals surface area contributed by atoms with Crippen LogP contribution in [0.5, 0.6) is 0 Å². The Labute approximate surface area is 887 Å². The second kappa shape index (κ2) is 41.0. The highest BCUT2D eigenvalue weighted by Crippen LogP contribution is 2.59. The summed E-state index contributed by atoms with van der Waals surface area (Å²) in [5.41, 5.74) is 36.6. The number of nitrogens with zero attached hydrogens (tertiary/aromatic N) is 12. The average Bonchev–Trinajstić information content (AvgIpc) is 0.769. The summed E-state index contributed by atoms with van der Waals surface area (Å²) < 4.78 is 0. The van der Waals surface area contributed by atoms with Crippen molar-refractivity contribution in [1.29, 1.82) is 0 Å². The molecule has 4 fully saturated rings. The van der Waals surface area contributed by atoms with Gasteiger partial charge >= 0.3 is 0 Å². The van der Waals surface area contributed by atoms with Crippen LogP contribution >= 0.6 is 0 Å². The van der Waals surface area contributed by atoms with Crippen LogP contribution in [0.2, 0.25) is 0 Å². The Morgan fingerprint density at radius 3 is 0.540 bits per heavy atom. The van der Waals surface area contributed by atoms with E-state index in [0.29, 0.717) is 76.1 Å². The van der Waals surface area contributed by atoms with Gasteiger partial charge in [-0.25, -0.2) is 44.9 Å². The van der Waals surface area contributed by atoms with Gasteiger partial charge in [-0.15, -0.1) is 0 Å². The first-order valence-electron chi connectivity index (χ1n) is 55.1. The lowest BCUT2D eigenvalue weighted by molar-refractivity contribution is 0.442. The Hall–Kier alpha value is -15.3. The second-order valence-corrected chi connectivity index (χ2v) is 46.3. The highest BCUT2D eigenvalue weighted by Gasteiger charge is 2.44. The monoisotopic (exact) mass is 1960 g/mol. The maximum Gasteiger partial charge on any atom is 0.164 e. The highest BCUT2D eigenvalue weighted by molar-refractivity contribution is 5.91. The van der Waals surface area contributed by atoms with Crippen molar-refractivity contribution >= 4 is 51.2 Å². The summed E-state index contributed by atoms with van der Waals surface area (Å²) in [5.74, 6) is 8.72. The van der Waals surface area contributed by atoms with Crippen LogP contribution in [0.3, 0.4) is 0 Å². The summed E-state index contributed by atoms with van der Waals surface area (Å²) in [4.78, 5) is 52.0. The van der Waals surface area contributed by atoms with E-state index in [9.17, 15) is 0 Å². The molecule has 3 aliphatic heterocycles. The molecule has 12 heteroatoms. The maximum absolute atomic E-state index is 5.00. The lowest BCUT2D eigenvalue weighted by Gasteiger charge is -2.43. The van der Waals surface area contributed by atoms with Crippen molar-refractivity contribution in [1.82, 2.24) is 44.9 Å². The zero-order valence-corrected chi connectivity index (χ0v) is 89.0. The fraction of sp³-hybridized carbons (Fsp3) is 0.283. The van der Waals surface area contributed by atoms with Crippen molar-refractivity contribution in [2.75, 3.05) is 14.7 Å². The van der Waals surface area contributed by atoms with Gasteiger partial charge in [-0.05, 0) is 262 Å². The van der Waals surface area contributed by atoms with Gasteiger partial charge in [0, 0.05) is 83.4 Å². The van der Waals surface area contributed by atoms with Crippen LogP contribution in [0, 0.1) is 0 Å².